The average Bonchev–Trinajstić information content (AvgIpc) is 3.26. The molecule has 114 valence electrons. The molecule has 1 fully saturated rings. The second-order valence-electron chi connectivity index (χ2n) is 5.16. The van der Waals surface area contributed by atoms with Crippen LogP contribution >= 0.6 is 0 Å². The third kappa shape index (κ3) is 3.19. The first kappa shape index (κ1) is 14.4. The summed E-state index contributed by atoms with van der Waals surface area (Å²) in [6, 6.07) is 5.22. The highest BCUT2D eigenvalue weighted by Crippen LogP contribution is 2.24. The first-order valence-electron chi connectivity index (χ1n) is 6.90. The minimum Gasteiger partial charge on any atom is -0.367 e. The molecule has 22 heavy (non-hydrogen) atoms. The second-order valence-corrected chi connectivity index (χ2v) is 5.16. The van der Waals surface area contributed by atoms with Gasteiger partial charge >= 0.3 is 0 Å². The highest BCUT2D eigenvalue weighted by Gasteiger charge is 2.22. The standard InChI is InChI=1S/C15H14F2N4O/c1-8-18-12(7-13(19-8)20-9-5-6-9)15(22)21-14-10(16)3-2-4-11(14)17/h2-4,7,9H,5-6H2,1H3,(H,21,22)(H,18,19,20). The van der Waals surface area contributed by atoms with E-state index in [2.05, 4.69) is 20.6 Å². The van der Waals surface area contributed by atoms with Crippen molar-refractivity contribution in [3.05, 3.63) is 47.4 Å². The minimum atomic E-state index is -0.838. The molecule has 1 heterocycles. The number of rotatable bonds is 4. The van der Waals surface area contributed by atoms with Crippen LogP contribution < -0.4 is 10.6 Å². The molecule has 5 nitrogen and oxygen atoms in total. The van der Waals surface area contributed by atoms with Gasteiger partial charge in [0, 0.05) is 12.1 Å². The van der Waals surface area contributed by atoms with Crippen molar-refractivity contribution >= 4 is 17.4 Å². The SMILES string of the molecule is Cc1nc(NC2CC2)cc(C(=O)Nc2c(F)cccc2F)n1. The Bertz CT molecular complexity index is 711. The Morgan fingerprint density at radius 1 is 1.23 bits per heavy atom. The second kappa shape index (κ2) is 5.67. The average molecular weight is 304 g/mol. The van der Waals surface area contributed by atoms with E-state index in [1.807, 2.05) is 0 Å². The number of benzene rings is 1. The van der Waals surface area contributed by atoms with E-state index in [-0.39, 0.29) is 5.69 Å². The molecular formula is C15H14F2N4O. The van der Waals surface area contributed by atoms with Crippen LogP contribution in [0.25, 0.3) is 0 Å². The molecule has 1 amide bonds. The number of amides is 1. The zero-order valence-corrected chi connectivity index (χ0v) is 11.9. The number of nitrogens with one attached hydrogen (secondary N) is 2. The van der Waals surface area contributed by atoms with E-state index in [9.17, 15) is 13.6 Å². The summed E-state index contributed by atoms with van der Waals surface area (Å²) in [6.45, 7) is 1.65. The number of carbonyl (C=O) groups is 1. The summed E-state index contributed by atoms with van der Waals surface area (Å²) in [4.78, 5) is 20.4. The number of carbonyl (C=O) groups excluding carboxylic acids is 1. The normalized spacial score (nSPS) is 13.8. The molecule has 0 radical (unpaired) electrons. The fourth-order valence-corrected chi connectivity index (χ4v) is 1.99. The van der Waals surface area contributed by atoms with E-state index in [0.29, 0.717) is 17.7 Å². The van der Waals surface area contributed by atoms with Crippen molar-refractivity contribution in [3.8, 4) is 0 Å². The Hall–Kier alpha value is -2.57. The lowest BCUT2D eigenvalue weighted by molar-refractivity contribution is 0.102. The maximum absolute atomic E-state index is 13.6. The Kier molecular flexibility index (Phi) is 3.70. The monoisotopic (exact) mass is 304 g/mol. The molecule has 1 aromatic heterocycles. The van der Waals surface area contributed by atoms with Gasteiger partial charge < -0.3 is 10.6 Å². The molecule has 7 heteroatoms. The van der Waals surface area contributed by atoms with Gasteiger partial charge in [0.25, 0.3) is 5.91 Å². The van der Waals surface area contributed by atoms with Crippen molar-refractivity contribution in [3.63, 3.8) is 0 Å². The molecule has 0 bridgehead atoms. The maximum atomic E-state index is 13.6. The van der Waals surface area contributed by atoms with E-state index < -0.39 is 23.2 Å². The number of para-hydroxylation sites is 1. The van der Waals surface area contributed by atoms with Gasteiger partial charge in [0.05, 0.1) is 0 Å². The predicted octanol–water partition coefficient (Wildman–Crippen LogP) is 2.89. The van der Waals surface area contributed by atoms with Crippen LogP contribution in [-0.2, 0) is 0 Å². The Balaban J connectivity index is 1.83. The Labute approximate surface area is 125 Å². The van der Waals surface area contributed by atoms with Gasteiger partial charge in [-0.25, -0.2) is 18.7 Å². The molecule has 0 unspecified atom stereocenters. The lowest BCUT2D eigenvalue weighted by atomic mass is 10.2. The summed E-state index contributed by atoms with van der Waals surface area (Å²) in [5.74, 6) is -1.42. The molecule has 1 aromatic carbocycles. The Morgan fingerprint density at radius 3 is 2.55 bits per heavy atom. The van der Waals surface area contributed by atoms with Crippen LogP contribution in [0.4, 0.5) is 20.3 Å². The van der Waals surface area contributed by atoms with E-state index >= 15 is 0 Å². The molecule has 2 N–H and O–H groups in total. The molecule has 1 aliphatic rings. The van der Waals surface area contributed by atoms with E-state index in [1.165, 1.54) is 12.1 Å². The van der Waals surface area contributed by atoms with Crippen molar-refractivity contribution in [2.24, 2.45) is 0 Å². The van der Waals surface area contributed by atoms with Crippen molar-refractivity contribution < 1.29 is 13.6 Å². The third-order valence-corrected chi connectivity index (χ3v) is 3.20. The van der Waals surface area contributed by atoms with Crippen molar-refractivity contribution in [1.29, 1.82) is 0 Å². The summed E-state index contributed by atoms with van der Waals surface area (Å²) in [6.07, 6.45) is 2.12. The van der Waals surface area contributed by atoms with Gasteiger partial charge in [0.15, 0.2) is 0 Å². The predicted molar refractivity (Wildman–Crippen MR) is 77.7 cm³/mol. The number of hydrogen-bond donors (Lipinski definition) is 2. The smallest absolute Gasteiger partial charge is 0.274 e. The number of hydrogen-bond acceptors (Lipinski definition) is 4. The Morgan fingerprint density at radius 2 is 1.91 bits per heavy atom. The van der Waals surface area contributed by atoms with Crippen molar-refractivity contribution in [2.75, 3.05) is 10.6 Å². The summed E-state index contributed by atoms with van der Waals surface area (Å²) in [5.41, 5.74) is -0.432. The van der Waals surface area contributed by atoms with Gasteiger partial charge in [-0.15, -0.1) is 0 Å². The first-order valence-corrected chi connectivity index (χ1v) is 6.90. The van der Waals surface area contributed by atoms with Crippen LogP contribution in [0, 0.1) is 18.6 Å². The fourth-order valence-electron chi connectivity index (χ4n) is 1.99. The molecular weight excluding hydrogens is 290 g/mol. The molecule has 0 spiro atoms. The van der Waals surface area contributed by atoms with Gasteiger partial charge in [-0.2, -0.15) is 0 Å². The highest BCUT2D eigenvalue weighted by atomic mass is 19.1. The van der Waals surface area contributed by atoms with Gasteiger partial charge in [0.1, 0.15) is 34.7 Å². The molecule has 0 atom stereocenters. The molecule has 0 aliphatic heterocycles. The third-order valence-electron chi connectivity index (χ3n) is 3.20. The molecule has 1 saturated carbocycles. The van der Waals surface area contributed by atoms with Crippen molar-refractivity contribution in [1.82, 2.24) is 9.97 Å². The van der Waals surface area contributed by atoms with Crippen LogP contribution in [0.5, 0.6) is 0 Å². The number of nitrogens with zero attached hydrogens (tertiary/aromatic N) is 2. The van der Waals surface area contributed by atoms with E-state index in [1.54, 1.807) is 6.92 Å². The van der Waals surface area contributed by atoms with Crippen LogP contribution in [-0.4, -0.2) is 21.9 Å². The fraction of sp³-hybridized carbons (Fsp3) is 0.267. The molecule has 1 aliphatic carbocycles. The lowest BCUT2D eigenvalue weighted by Crippen LogP contribution is -2.17. The van der Waals surface area contributed by atoms with Crippen molar-refractivity contribution in [2.45, 2.75) is 25.8 Å². The van der Waals surface area contributed by atoms with E-state index in [0.717, 1.165) is 25.0 Å². The van der Waals surface area contributed by atoms with Crippen LogP contribution in [0.15, 0.2) is 24.3 Å². The van der Waals surface area contributed by atoms with Gasteiger partial charge in [-0.05, 0) is 31.9 Å². The van der Waals surface area contributed by atoms with Crippen LogP contribution in [0.1, 0.15) is 29.2 Å². The zero-order chi connectivity index (χ0) is 15.7. The molecule has 2 aromatic rings. The van der Waals surface area contributed by atoms with Gasteiger partial charge in [-0.3, -0.25) is 4.79 Å². The van der Waals surface area contributed by atoms with Crippen LogP contribution in [0.2, 0.25) is 0 Å². The van der Waals surface area contributed by atoms with E-state index in [4.69, 9.17) is 0 Å². The maximum Gasteiger partial charge on any atom is 0.274 e. The number of aromatic nitrogens is 2. The number of aryl methyl sites for hydroxylation is 1. The highest BCUT2D eigenvalue weighted by molar-refractivity contribution is 6.03. The first-order chi connectivity index (χ1) is 10.5. The quantitative estimate of drug-likeness (QED) is 0.911. The number of anilines is 2. The van der Waals surface area contributed by atoms with Gasteiger partial charge in [-0.1, -0.05) is 6.07 Å². The largest absolute Gasteiger partial charge is 0.367 e. The topological polar surface area (TPSA) is 66.9 Å². The summed E-state index contributed by atoms with van der Waals surface area (Å²) in [7, 11) is 0. The van der Waals surface area contributed by atoms with Crippen LogP contribution in [0.3, 0.4) is 0 Å². The van der Waals surface area contributed by atoms with Gasteiger partial charge in [0.2, 0.25) is 0 Å². The minimum absolute atomic E-state index is 0.0540. The zero-order valence-electron chi connectivity index (χ0n) is 11.9. The lowest BCUT2D eigenvalue weighted by Gasteiger charge is -2.09. The summed E-state index contributed by atoms with van der Waals surface area (Å²) < 4.78 is 27.1. The summed E-state index contributed by atoms with van der Waals surface area (Å²) in [5, 5.41) is 5.37. The molecule has 3 rings (SSSR count). The molecule has 0 saturated heterocycles. The number of halogens is 2. The summed E-state index contributed by atoms with van der Waals surface area (Å²) >= 11 is 0.